The summed E-state index contributed by atoms with van der Waals surface area (Å²) in [6.07, 6.45) is -0.484. The van der Waals surface area contributed by atoms with E-state index in [0.717, 1.165) is 0 Å². The van der Waals surface area contributed by atoms with Crippen LogP contribution in [0.25, 0.3) is 0 Å². The van der Waals surface area contributed by atoms with Gasteiger partial charge in [-0.1, -0.05) is 0 Å². The van der Waals surface area contributed by atoms with Crippen molar-refractivity contribution in [2.24, 2.45) is 0 Å². The summed E-state index contributed by atoms with van der Waals surface area (Å²) in [5.74, 6) is 0. The lowest BCUT2D eigenvalue weighted by Crippen LogP contribution is -2.15. The number of alkyl carbamates (subject to hydrolysis) is 1. The zero-order valence-electron chi connectivity index (χ0n) is 4.09. The number of nitrogens with one attached hydrogen (secondary N) is 1. The molecule has 44 valence electrons. The van der Waals surface area contributed by atoms with Crippen molar-refractivity contribution in [1.29, 1.82) is 0 Å². The van der Waals surface area contributed by atoms with Gasteiger partial charge in [0.25, 0.3) is 0 Å². The van der Waals surface area contributed by atoms with Crippen LogP contribution in [0, 0.1) is 0 Å². The summed E-state index contributed by atoms with van der Waals surface area (Å²) in [6.45, 7) is 0.308. The number of rotatable bonds is 1. The Kier molecular flexibility index (Phi) is 1.15. The molecule has 0 unspecified atom stereocenters. The normalized spacial score (nSPS) is 26.5. The van der Waals surface area contributed by atoms with E-state index in [1.807, 2.05) is 0 Å². The lowest BCUT2D eigenvalue weighted by molar-refractivity contribution is -0.113. The molecule has 1 fully saturated rings. The minimum Gasteiger partial charge on any atom is -0.437 e. The van der Waals surface area contributed by atoms with Gasteiger partial charge in [-0.3, -0.25) is 4.79 Å². The van der Waals surface area contributed by atoms with Crippen LogP contribution in [0.5, 0.6) is 0 Å². The van der Waals surface area contributed by atoms with E-state index in [4.69, 9.17) is 0 Å². The molecule has 1 N–H and O–H groups in total. The Labute approximate surface area is 45.8 Å². The van der Waals surface area contributed by atoms with Crippen LogP contribution in [0.4, 0.5) is 4.79 Å². The van der Waals surface area contributed by atoms with E-state index in [0.29, 0.717) is 12.8 Å². The molecule has 0 aliphatic carbocycles. The third-order valence-electron chi connectivity index (χ3n) is 0.858. The van der Waals surface area contributed by atoms with Crippen molar-refractivity contribution < 1.29 is 14.3 Å². The summed E-state index contributed by atoms with van der Waals surface area (Å²) < 4.78 is 4.39. The number of ether oxygens (including phenoxy) is 1. The highest BCUT2D eigenvalue weighted by Crippen LogP contribution is 1.94. The molecule has 1 aliphatic heterocycles. The highest BCUT2D eigenvalue weighted by Gasteiger charge is 2.20. The lowest BCUT2D eigenvalue weighted by Gasteiger charge is -1.91. The highest BCUT2D eigenvalue weighted by atomic mass is 16.6. The first-order valence-corrected chi connectivity index (χ1v) is 2.22. The van der Waals surface area contributed by atoms with Crippen LogP contribution in [0.15, 0.2) is 0 Å². The Balaban J connectivity index is 2.43. The fourth-order valence-corrected chi connectivity index (χ4v) is 0.481. The second kappa shape index (κ2) is 1.81. The molecule has 0 aromatic carbocycles. The first-order valence-electron chi connectivity index (χ1n) is 2.22. The molecule has 1 atom stereocenters. The maximum Gasteiger partial charge on any atom is 0.408 e. The second-order valence-electron chi connectivity index (χ2n) is 1.46. The Morgan fingerprint density at radius 2 is 2.62 bits per heavy atom. The van der Waals surface area contributed by atoms with Gasteiger partial charge in [-0.25, -0.2) is 4.79 Å². The van der Waals surface area contributed by atoms with Gasteiger partial charge < -0.3 is 10.1 Å². The summed E-state index contributed by atoms with van der Waals surface area (Å²) in [4.78, 5) is 20.0. The standard InChI is InChI=1S/C4H5NO3/c6-2-3-1-5-4(7)8-3/h2-3H,1H2,(H,5,7)/t3-/m1/s1. The third kappa shape index (κ3) is 0.776. The van der Waals surface area contributed by atoms with Gasteiger partial charge in [0.1, 0.15) is 0 Å². The third-order valence-corrected chi connectivity index (χ3v) is 0.858. The molecular weight excluding hydrogens is 110 g/mol. The Bertz CT molecular complexity index is 122. The van der Waals surface area contributed by atoms with Gasteiger partial charge >= 0.3 is 6.09 Å². The van der Waals surface area contributed by atoms with E-state index in [9.17, 15) is 9.59 Å². The number of hydrogen-bond donors (Lipinski definition) is 1. The van der Waals surface area contributed by atoms with Crippen molar-refractivity contribution in [2.45, 2.75) is 6.10 Å². The average molecular weight is 115 g/mol. The van der Waals surface area contributed by atoms with Crippen LogP contribution < -0.4 is 5.32 Å². The molecular formula is C4H5NO3. The maximum absolute atomic E-state index is 10.1. The minimum atomic E-state index is -0.567. The largest absolute Gasteiger partial charge is 0.437 e. The number of hydrogen-bond acceptors (Lipinski definition) is 3. The van der Waals surface area contributed by atoms with E-state index < -0.39 is 12.2 Å². The van der Waals surface area contributed by atoms with Crippen molar-refractivity contribution in [3.05, 3.63) is 0 Å². The number of cyclic esters (lactones) is 1. The van der Waals surface area contributed by atoms with E-state index in [-0.39, 0.29) is 0 Å². The predicted molar refractivity (Wildman–Crippen MR) is 24.3 cm³/mol. The fraction of sp³-hybridized carbons (Fsp3) is 0.500. The van der Waals surface area contributed by atoms with Gasteiger partial charge in [0.15, 0.2) is 12.4 Å². The molecule has 1 heterocycles. The molecule has 0 bridgehead atoms. The van der Waals surface area contributed by atoms with Gasteiger partial charge in [0, 0.05) is 0 Å². The Morgan fingerprint density at radius 1 is 1.88 bits per heavy atom. The van der Waals surface area contributed by atoms with E-state index in [1.165, 1.54) is 0 Å². The zero-order valence-corrected chi connectivity index (χ0v) is 4.09. The van der Waals surface area contributed by atoms with Crippen molar-refractivity contribution in [2.75, 3.05) is 6.54 Å². The van der Waals surface area contributed by atoms with E-state index >= 15 is 0 Å². The summed E-state index contributed by atoms with van der Waals surface area (Å²) in [6, 6.07) is 0. The van der Waals surface area contributed by atoms with Gasteiger partial charge in [0.2, 0.25) is 0 Å². The SMILES string of the molecule is O=C[C@H]1CNC(=O)O1. The fourth-order valence-electron chi connectivity index (χ4n) is 0.481. The first kappa shape index (κ1) is 5.08. The number of carbonyl (C=O) groups excluding carboxylic acids is 2. The number of aldehydes is 1. The van der Waals surface area contributed by atoms with E-state index in [1.54, 1.807) is 0 Å². The minimum absolute atomic E-state index is 0.308. The van der Waals surface area contributed by atoms with Crippen LogP contribution in [0.2, 0.25) is 0 Å². The molecule has 0 aromatic heterocycles. The van der Waals surface area contributed by atoms with E-state index in [2.05, 4.69) is 10.1 Å². The first-order chi connectivity index (χ1) is 3.83. The van der Waals surface area contributed by atoms with Crippen LogP contribution >= 0.6 is 0 Å². The van der Waals surface area contributed by atoms with Crippen LogP contribution in [0.1, 0.15) is 0 Å². The predicted octanol–water partition coefficient (Wildman–Crippen LogP) is -0.706. The molecule has 1 aliphatic rings. The van der Waals surface area contributed by atoms with Gasteiger partial charge in [-0.15, -0.1) is 0 Å². The Hall–Kier alpha value is -1.06. The Morgan fingerprint density at radius 3 is 2.88 bits per heavy atom. The molecule has 8 heavy (non-hydrogen) atoms. The van der Waals surface area contributed by atoms with Crippen LogP contribution in [0.3, 0.4) is 0 Å². The summed E-state index contributed by atoms with van der Waals surface area (Å²) in [7, 11) is 0. The molecule has 0 spiro atoms. The second-order valence-corrected chi connectivity index (χ2v) is 1.46. The molecule has 1 rings (SSSR count). The van der Waals surface area contributed by atoms with Crippen LogP contribution in [-0.2, 0) is 9.53 Å². The quantitative estimate of drug-likeness (QED) is 0.459. The topological polar surface area (TPSA) is 55.4 Å². The number of amides is 1. The summed E-state index contributed by atoms with van der Waals surface area (Å²) in [5.41, 5.74) is 0. The zero-order chi connectivity index (χ0) is 5.98. The molecule has 0 radical (unpaired) electrons. The summed E-state index contributed by atoms with van der Waals surface area (Å²) in [5, 5.41) is 2.33. The summed E-state index contributed by atoms with van der Waals surface area (Å²) >= 11 is 0. The molecule has 1 saturated heterocycles. The highest BCUT2D eigenvalue weighted by molar-refractivity contribution is 5.74. The monoisotopic (exact) mass is 115 g/mol. The molecule has 0 saturated carbocycles. The van der Waals surface area contributed by atoms with Crippen LogP contribution in [-0.4, -0.2) is 25.0 Å². The lowest BCUT2D eigenvalue weighted by atomic mass is 10.4. The van der Waals surface area contributed by atoms with Gasteiger partial charge in [0.05, 0.1) is 6.54 Å². The van der Waals surface area contributed by atoms with Crippen molar-refractivity contribution >= 4 is 12.4 Å². The number of carbonyl (C=O) groups is 2. The van der Waals surface area contributed by atoms with Gasteiger partial charge in [-0.2, -0.15) is 0 Å². The van der Waals surface area contributed by atoms with Gasteiger partial charge in [-0.05, 0) is 0 Å². The maximum atomic E-state index is 10.1. The van der Waals surface area contributed by atoms with Crippen molar-refractivity contribution in [3.8, 4) is 0 Å². The molecule has 4 nitrogen and oxygen atoms in total. The molecule has 4 heteroatoms. The molecule has 0 aromatic rings. The van der Waals surface area contributed by atoms with Crippen molar-refractivity contribution in [1.82, 2.24) is 5.32 Å². The molecule has 1 amide bonds. The average Bonchev–Trinajstić information content (AvgIpc) is 2.14. The van der Waals surface area contributed by atoms with Crippen molar-refractivity contribution in [3.63, 3.8) is 0 Å². The smallest absolute Gasteiger partial charge is 0.408 e.